The Bertz CT molecular complexity index is 354. The molecule has 0 bridgehead atoms. The smallest absolute Gasteiger partial charge is 0.128 e. The molecule has 94 valence electrons. The van der Waals surface area contributed by atoms with Gasteiger partial charge in [-0.15, -0.1) is 0 Å². The quantitative estimate of drug-likeness (QED) is 0.783. The monoisotopic (exact) mass is 238 g/mol. The molecule has 0 radical (unpaired) electrons. The largest absolute Gasteiger partial charge is 0.376 e. The first-order valence-electron chi connectivity index (χ1n) is 6.28. The molecule has 1 aliphatic carbocycles. The predicted octanol–water partition coefficient (Wildman–Crippen LogP) is 3.30. The van der Waals surface area contributed by atoms with Gasteiger partial charge in [0.1, 0.15) is 5.82 Å². The summed E-state index contributed by atoms with van der Waals surface area (Å²) >= 11 is 0. The van der Waals surface area contributed by atoms with Crippen molar-refractivity contribution in [2.45, 2.75) is 45.0 Å². The lowest BCUT2D eigenvalue weighted by atomic mass is 10.2. The molecular formula is C14H19FO2. The normalized spacial score (nSPS) is 24.1. The van der Waals surface area contributed by atoms with E-state index < -0.39 is 0 Å². The van der Waals surface area contributed by atoms with E-state index in [0.717, 1.165) is 19.3 Å². The zero-order valence-electron chi connectivity index (χ0n) is 10.2. The van der Waals surface area contributed by atoms with Crippen LogP contribution in [-0.4, -0.2) is 18.8 Å². The number of halogens is 1. The molecule has 0 aliphatic heterocycles. The molecule has 1 fully saturated rings. The second kappa shape index (κ2) is 6.12. The molecule has 0 spiro atoms. The summed E-state index contributed by atoms with van der Waals surface area (Å²) in [5.41, 5.74) is 0.620. The fraction of sp³-hybridized carbons (Fsp3) is 0.571. The van der Waals surface area contributed by atoms with E-state index in [0.29, 0.717) is 18.8 Å². The summed E-state index contributed by atoms with van der Waals surface area (Å²) in [4.78, 5) is 0. The van der Waals surface area contributed by atoms with E-state index in [2.05, 4.69) is 0 Å². The van der Waals surface area contributed by atoms with E-state index in [1.54, 1.807) is 12.1 Å². The highest BCUT2D eigenvalue weighted by molar-refractivity contribution is 5.16. The van der Waals surface area contributed by atoms with Crippen LogP contribution in [0.5, 0.6) is 0 Å². The topological polar surface area (TPSA) is 18.5 Å². The minimum Gasteiger partial charge on any atom is -0.376 e. The van der Waals surface area contributed by atoms with Gasteiger partial charge in [-0.1, -0.05) is 18.2 Å². The Morgan fingerprint density at radius 1 is 1.18 bits per heavy atom. The van der Waals surface area contributed by atoms with Crippen LogP contribution < -0.4 is 0 Å². The molecule has 0 aromatic heterocycles. The number of benzene rings is 1. The highest BCUT2D eigenvalue weighted by atomic mass is 19.1. The molecule has 1 aliphatic rings. The summed E-state index contributed by atoms with van der Waals surface area (Å²) in [6, 6.07) is 6.75. The van der Waals surface area contributed by atoms with Gasteiger partial charge in [-0.2, -0.15) is 0 Å². The fourth-order valence-corrected chi connectivity index (χ4v) is 2.30. The molecule has 2 nitrogen and oxygen atoms in total. The highest BCUT2D eigenvalue weighted by Crippen LogP contribution is 2.26. The lowest BCUT2D eigenvalue weighted by molar-refractivity contribution is -0.0598. The number of hydrogen-bond donors (Lipinski definition) is 0. The van der Waals surface area contributed by atoms with Gasteiger partial charge in [-0.3, -0.25) is 0 Å². The Hall–Kier alpha value is -0.930. The zero-order valence-corrected chi connectivity index (χ0v) is 10.2. The standard InChI is InChI=1S/C14H19FO2/c1-2-16-13-8-5-9-14(13)17-10-11-6-3-4-7-12(11)15/h3-4,6-7,13-14H,2,5,8-10H2,1H3/t13-,14+/m1/s1. The van der Waals surface area contributed by atoms with Gasteiger partial charge in [-0.05, 0) is 32.3 Å². The van der Waals surface area contributed by atoms with E-state index in [4.69, 9.17) is 9.47 Å². The predicted molar refractivity (Wildman–Crippen MR) is 64.2 cm³/mol. The minimum absolute atomic E-state index is 0.120. The van der Waals surface area contributed by atoms with Crippen LogP contribution >= 0.6 is 0 Å². The van der Waals surface area contributed by atoms with Crippen LogP contribution in [0.3, 0.4) is 0 Å². The Labute approximate surface area is 102 Å². The molecular weight excluding hydrogens is 219 g/mol. The third-order valence-corrected chi connectivity index (χ3v) is 3.18. The van der Waals surface area contributed by atoms with Gasteiger partial charge in [0.2, 0.25) is 0 Å². The van der Waals surface area contributed by atoms with Gasteiger partial charge in [0.05, 0.1) is 18.8 Å². The highest BCUT2D eigenvalue weighted by Gasteiger charge is 2.28. The van der Waals surface area contributed by atoms with Crippen LogP contribution in [0.2, 0.25) is 0 Å². The van der Waals surface area contributed by atoms with Crippen molar-refractivity contribution in [1.29, 1.82) is 0 Å². The van der Waals surface area contributed by atoms with E-state index in [1.165, 1.54) is 6.07 Å². The second-order valence-electron chi connectivity index (χ2n) is 4.37. The molecule has 2 rings (SSSR count). The van der Waals surface area contributed by atoms with Crippen molar-refractivity contribution >= 4 is 0 Å². The van der Waals surface area contributed by atoms with Gasteiger partial charge in [0, 0.05) is 12.2 Å². The maximum absolute atomic E-state index is 13.4. The molecule has 2 atom stereocenters. The van der Waals surface area contributed by atoms with E-state index in [1.807, 2.05) is 13.0 Å². The molecule has 0 saturated heterocycles. The van der Waals surface area contributed by atoms with E-state index >= 15 is 0 Å². The Balaban J connectivity index is 1.87. The third-order valence-electron chi connectivity index (χ3n) is 3.18. The summed E-state index contributed by atoms with van der Waals surface area (Å²) in [5.74, 6) is -0.196. The lowest BCUT2D eigenvalue weighted by Gasteiger charge is -2.20. The third kappa shape index (κ3) is 3.27. The van der Waals surface area contributed by atoms with Crippen LogP contribution in [0.1, 0.15) is 31.7 Å². The SMILES string of the molecule is CCO[C@@H]1CCC[C@@H]1OCc1ccccc1F. The average molecular weight is 238 g/mol. The number of rotatable bonds is 5. The van der Waals surface area contributed by atoms with Crippen molar-refractivity contribution in [3.8, 4) is 0 Å². The first kappa shape index (κ1) is 12.5. The second-order valence-corrected chi connectivity index (χ2v) is 4.37. The molecule has 0 heterocycles. The van der Waals surface area contributed by atoms with Gasteiger partial charge in [-0.25, -0.2) is 4.39 Å². The van der Waals surface area contributed by atoms with Crippen molar-refractivity contribution in [2.75, 3.05) is 6.61 Å². The van der Waals surface area contributed by atoms with Gasteiger partial charge in [0.15, 0.2) is 0 Å². The van der Waals surface area contributed by atoms with Crippen molar-refractivity contribution in [3.05, 3.63) is 35.6 Å². The fourth-order valence-electron chi connectivity index (χ4n) is 2.30. The Morgan fingerprint density at radius 3 is 2.59 bits per heavy atom. The van der Waals surface area contributed by atoms with Crippen molar-refractivity contribution < 1.29 is 13.9 Å². The molecule has 0 unspecified atom stereocenters. The summed E-state index contributed by atoms with van der Waals surface area (Å²) in [7, 11) is 0. The average Bonchev–Trinajstić information content (AvgIpc) is 2.76. The van der Waals surface area contributed by atoms with Crippen LogP contribution in [0, 0.1) is 5.82 Å². The Morgan fingerprint density at radius 2 is 1.88 bits per heavy atom. The van der Waals surface area contributed by atoms with Crippen LogP contribution in [0.25, 0.3) is 0 Å². The van der Waals surface area contributed by atoms with Gasteiger partial charge < -0.3 is 9.47 Å². The zero-order chi connectivity index (χ0) is 12.1. The van der Waals surface area contributed by atoms with Crippen LogP contribution in [-0.2, 0) is 16.1 Å². The summed E-state index contributed by atoms with van der Waals surface area (Å²) in [6.07, 6.45) is 3.50. The van der Waals surface area contributed by atoms with Crippen molar-refractivity contribution in [2.24, 2.45) is 0 Å². The van der Waals surface area contributed by atoms with Crippen LogP contribution in [0.4, 0.5) is 4.39 Å². The maximum atomic E-state index is 13.4. The number of hydrogen-bond acceptors (Lipinski definition) is 2. The number of ether oxygens (including phenoxy) is 2. The molecule has 3 heteroatoms. The molecule has 17 heavy (non-hydrogen) atoms. The van der Waals surface area contributed by atoms with E-state index in [-0.39, 0.29) is 18.0 Å². The Kier molecular flexibility index (Phi) is 4.51. The maximum Gasteiger partial charge on any atom is 0.128 e. The van der Waals surface area contributed by atoms with Crippen LogP contribution in [0.15, 0.2) is 24.3 Å². The summed E-state index contributed by atoms with van der Waals surface area (Å²) < 4.78 is 24.8. The molecule has 1 aromatic rings. The van der Waals surface area contributed by atoms with Gasteiger partial charge >= 0.3 is 0 Å². The lowest BCUT2D eigenvalue weighted by Crippen LogP contribution is -2.26. The van der Waals surface area contributed by atoms with Crippen molar-refractivity contribution in [3.63, 3.8) is 0 Å². The minimum atomic E-state index is -0.196. The van der Waals surface area contributed by atoms with Gasteiger partial charge in [0.25, 0.3) is 0 Å². The van der Waals surface area contributed by atoms with Crippen molar-refractivity contribution in [1.82, 2.24) is 0 Å². The summed E-state index contributed by atoms with van der Waals surface area (Å²) in [6.45, 7) is 3.04. The first-order chi connectivity index (χ1) is 8.31. The molecule has 1 saturated carbocycles. The summed E-state index contributed by atoms with van der Waals surface area (Å²) in [5, 5.41) is 0. The molecule has 1 aromatic carbocycles. The molecule has 0 N–H and O–H groups in total. The molecule has 0 amide bonds. The van der Waals surface area contributed by atoms with E-state index in [9.17, 15) is 4.39 Å². The first-order valence-corrected chi connectivity index (χ1v) is 6.28.